The predicted molar refractivity (Wildman–Crippen MR) is 82.4 cm³/mol. The summed E-state index contributed by atoms with van der Waals surface area (Å²) in [7, 11) is 0. The van der Waals surface area contributed by atoms with Crippen molar-refractivity contribution in [3.63, 3.8) is 0 Å². The van der Waals surface area contributed by atoms with Crippen molar-refractivity contribution >= 4 is 11.8 Å². The van der Waals surface area contributed by atoms with Crippen LogP contribution in [0.3, 0.4) is 0 Å². The second-order valence-electron chi connectivity index (χ2n) is 6.36. The molecule has 1 aromatic carbocycles. The highest BCUT2D eigenvalue weighted by Gasteiger charge is 2.27. The molecule has 5 nitrogen and oxygen atoms in total. The summed E-state index contributed by atoms with van der Waals surface area (Å²) in [6, 6.07) is 7.88. The number of aliphatic hydroxyl groups is 1. The zero-order valence-corrected chi connectivity index (χ0v) is 12.9. The summed E-state index contributed by atoms with van der Waals surface area (Å²) in [5.74, 6) is 0. The molecule has 2 N–H and O–H groups in total. The molecule has 0 aromatic heterocycles. The van der Waals surface area contributed by atoms with Crippen molar-refractivity contribution in [2.24, 2.45) is 0 Å². The first kappa shape index (κ1) is 15.6. The number of rotatable bonds is 3. The fourth-order valence-electron chi connectivity index (χ4n) is 2.52. The van der Waals surface area contributed by atoms with Gasteiger partial charge in [0.1, 0.15) is 5.60 Å². The van der Waals surface area contributed by atoms with Crippen molar-refractivity contribution < 1.29 is 14.6 Å². The van der Waals surface area contributed by atoms with Crippen LogP contribution < -0.4 is 10.2 Å². The Morgan fingerprint density at radius 2 is 2.14 bits per heavy atom. The van der Waals surface area contributed by atoms with Gasteiger partial charge in [0.15, 0.2) is 0 Å². The fourth-order valence-corrected chi connectivity index (χ4v) is 2.52. The number of carbonyl (C=O) groups excluding carboxylic acids is 1. The number of amides is 1. The van der Waals surface area contributed by atoms with E-state index in [0.29, 0.717) is 0 Å². The first-order valence-corrected chi connectivity index (χ1v) is 7.32. The van der Waals surface area contributed by atoms with E-state index in [-0.39, 0.29) is 18.7 Å². The quantitative estimate of drug-likeness (QED) is 0.897. The fraction of sp³-hybridized carbons (Fsp3) is 0.562. The van der Waals surface area contributed by atoms with Crippen molar-refractivity contribution in [2.75, 3.05) is 18.0 Å². The highest BCUT2D eigenvalue weighted by molar-refractivity contribution is 5.68. The van der Waals surface area contributed by atoms with Gasteiger partial charge in [0, 0.05) is 24.3 Å². The van der Waals surface area contributed by atoms with E-state index in [1.54, 1.807) is 0 Å². The van der Waals surface area contributed by atoms with Crippen LogP contribution in [-0.2, 0) is 11.3 Å². The van der Waals surface area contributed by atoms with E-state index in [2.05, 4.69) is 10.2 Å². The highest BCUT2D eigenvalue weighted by atomic mass is 16.6. The lowest BCUT2D eigenvalue weighted by Crippen LogP contribution is -2.40. The Morgan fingerprint density at radius 1 is 1.43 bits per heavy atom. The van der Waals surface area contributed by atoms with Gasteiger partial charge in [-0.1, -0.05) is 18.2 Å². The van der Waals surface area contributed by atoms with Gasteiger partial charge < -0.3 is 20.1 Å². The minimum atomic E-state index is -0.480. The molecule has 1 atom stereocenters. The Morgan fingerprint density at radius 3 is 2.81 bits per heavy atom. The average Bonchev–Trinajstić information content (AvgIpc) is 2.84. The van der Waals surface area contributed by atoms with Gasteiger partial charge in [-0.3, -0.25) is 0 Å². The second-order valence-corrected chi connectivity index (χ2v) is 6.36. The SMILES string of the molecule is CC(C)(C)OC(=O)N[C@H]1CCN(c2ccccc2CO)C1. The monoisotopic (exact) mass is 292 g/mol. The molecule has 0 aliphatic carbocycles. The molecular weight excluding hydrogens is 268 g/mol. The van der Waals surface area contributed by atoms with Crippen LogP contribution in [0.15, 0.2) is 24.3 Å². The Labute approximate surface area is 125 Å². The smallest absolute Gasteiger partial charge is 0.407 e. The Kier molecular flexibility index (Phi) is 4.73. The predicted octanol–water partition coefficient (Wildman–Crippen LogP) is 2.28. The lowest BCUT2D eigenvalue weighted by atomic mass is 10.2. The summed E-state index contributed by atoms with van der Waals surface area (Å²) in [5, 5.41) is 12.3. The molecule has 0 spiro atoms. The summed E-state index contributed by atoms with van der Waals surface area (Å²) in [4.78, 5) is 14.0. The van der Waals surface area contributed by atoms with Gasteiger partial charge in [-0.15, -0.1) is 0 Å². The summed E-state index contributed by atoms with van der Waals surface area (Å²) in [6.07, 6.45) is 0.503. The molecule has 1 aliphatic rings. The van der Waals surface area contributed by atoms with E-state index in [9.17, 15) is 9.90 Å². The van der Waals surface area contributed by atoms with Crippen molar-refractivity contribution in [1.29, 1.82) is 0 Å². The van der Waals surface area contributed by atoms with E-state index in [4.69, 9.17) is 4.74 Å². The molecule has 1 amide bonds. The first-order chi connectivity index (χ1) is 9.89. The molecule has 0 radical (unpaired) electrons. The van der Waals surface area contributed by atoms with Crippen molar-refractivity contribution in [1.82, 2.24) is 5.32 Å². The van der Waals surface area contributed by atoms with Crippen LogP contribution in [-0.4, -0.2) is 35.9 Å². The number of aliphatic hydroxyl groups excluding tert-OH is 1. The maximum Gasteiger partial charge on any atom is 0.407 e. The number of benzene rings is 1. The van der Waals surface area contributed by atoms with Gasteiger partial charge in [0.25, 0.3) is 0 Å². The molecule has 116 valence electrons. The van der Waals surface area contributed by atoms with Crippen molar-refractivity contribution in [3.05, 3.63) is 29.8 Å². The van der Waals surface area contributed by atoms with Crippen LogP contribution in [0.5, 0.6) is 0 Å². The maximum absolute atomic E-state index is 11.8. The van der Waals surface area contributed by atoms with Crippen LogP contribution >= 0.6 is 0 Å². The van der Waals surface area contributed by atoms with E-state index in [1.165, 1.54) is 0 Å². The number of anilines is 1. The minimum Gasteiger partial charge on any atom is -0.444 e. The number of hydrogen-bond donors (Lipinski definition) is 2. The van der Waals surface area contributed by atoms with Crippen molar-refractivity contribution in [2.45, 2.75) is 45.4 Å². The highest BCUT2D eigenvalue weighted by Crippen LogP contribution is 2.24. The van der Waals surface area contributed by atoms with Crippen LogP contribution in [0.4, 0.5) is 10.5 Å². The van der Waals surface area contributed by atoms with Gasteiger partial charge in [-0.25, -0.2) is 4.79 Å². The van der Waals surface area contributed by atoms with Crippen LogP contribution in [0, 0.1) is 0 Å². The number of carbonyl (C=O) groups is 1. The zero-order chi connectivity index (χ0) is 15.5. The largest absolute Gasteiger partial charge is 0.444 e. The third-order valence-corrected chi connectivity index (χ3v) is 3.41. The summed E-state index contributed by atoms with van der Waals surface area (Å²) < 4.78 is 5.28. The summed E-state index contributed by atoms with van der Waals surface area (Å²) in [6.45, 7) is 7.17. The Bertz CT molecular complexity index is 497. The Hall–Kier alpha value is -1.75. The maximum atomic E-state index is 11.8. The number of ether oxygens (including phenoxy) is 1. The molecule has 0 unspecified atom stereocenters. The lowest BCUT2D eigenvalue weighted by molar-refractivity contribution is 0.0509. The zero-order valence-electron chi connectivity index (χ0n) is 12.9. The molecule has 2 rings (SSSR count). The summed E-state index contributed by atoms with van der Waals surface area (Å²) in [5.41, 5.74) is 1.47. The number of nitrogens with one attached hydrogen (secondary N) is 1. The molecule has 5 heteroatoms. The average molecular weight is 292 g/mol. The van der Waals surface area contributed by atoms with Crippen LogP contribution in [0.2, 0.25) is 0 Å². The summed E-state index contributed by atoms with van der Waals surface area (Å²) >= 11 is 0. The molecule has 1 saturated heterocycles. The number of alkyl carbamates (subject to hydrolysis) is 1. The number of hydrogen-bond acceptors (Lipinski definition) is 4. The van der Waals surface area contributed by atoms with Gasteiger partial charge in [0.2, 0.25) is 0 Å². The molecule has 1 aromatic rings. The van der Waals surface area contributed by atoms with Crippen LogP contribution in [0.1, 0.15) is 32.8 Å². The molecule has 21 heavy (non-hydrogen) atoms. The molecule has 1 aliphatic heterocycles. The standard InChI is InChI=1S/C16H24N2O3/c1-16(2,3)21-15(20)17-13-8-9-18(10-13)14-7-5-4-6-12(14)11-19/h4-7,13,19H,8-11H2,1-3H3,(H,17,20)/t13-/m0/s1. The Balaban J connectivity index is 1.93. The third-order valence-electron chi connectivity index (χ3n) is 3.41. The lowest BCUT2D eigenvalue weighted by Gasteiger charge is -2.23. The minimum absolute atomic E-state index is 0.0246. The molecule has 1 heterocycles. The van der Waals surface area contributed by atoms with Gasteiger partial charge in [0.05, 0.1) is 12.6 Å². The van der Waals surface area contributed by atoms with Crippen molar-refractivity contribution in [3.8, 4) is 0 Å². The number of para-hydroxylation sites is 1. The van der Waals surface area contributed by atoms with Gasteiger partial charge in [-0.05, 0) is 33.3 Å². The number of nitrogens with zero attached hydrogens (tertiary/aromatic N) is 1. The van der Waals surface area contributed by atoms with E-state index in [1.807, 2.05) is 45.0 Å². The van der Waals surface area contributed by atoms with Gasteiger partial charge in [-0.2, -0.15) is 0 Å². The van der Waals surface area contributed by atoms with E-state index < -0.39 is 5.60 Å². The molecule has 1 fully saturated rings. The normalized spacial score (nSPS) is 18.7. The van der Waals surface area contributed by atoms with Crippen LogP contribution in [0.25, 0.3) is 0 Å². The second kappa shape index (κ2) is 6.35. The first-order valence-electron chi connectivity index (χ1n) is 7.32. The molecule has 0 bridgehead atoms. The van der Waals surface area contributed by atoms with Gasteiger partial charge >= 0.3 is 6.09 Å². The van der Waals surface area contributed by atoms with E-state index >= 15 is 0 Å². The molecule has 0 saturated carbocycles. The topological polar surface area (TPSA) is 61.8 Å². The van der Waals surface area contributed by atoms with E-state index in [0.717, 1.165) is 30.8 Å². The third kappa shape index (κ3) is 4.36. The molecular formula is C16H24N2O3.